The van der Waals surface area contributed by atoms with Crippen LogP contribution in [0.25, 0.3) is 0 Å². The van der Waals surface area contributed by atoms with Crippen molar-refractivity contribution >= 4 is 18.2 Å². The number of hydrogen-bond acceptors (Lipinski definition) is 8. The van der Waals surface area contributed by atoms with Gasteiger partial charge in [0.15, 0.2) is 12.1 Å². The number of cyclic esters (lactones) is 1. The molecule has 0 unspecified atom stereocenters. The minimum absolute atomic E-state index is 0.227. The first-order chi connectivity index (χ1) is 14.0. The molecule has 1 aliphatic rings. The average Bonchev–Trinajstić information content (AvgIpc) is 2.67. The molecule has 0 bridgehead atoms. The number of nitrogens with zero attached hydrogens (tertiary/aromatic N) is 1. The summed E-state index contributed by atoms with van der Waals surface area (Å²) >= 11 is 0. The lowest BCUT2D eigenvalue weighted by Gasteiger charge is -2.30. The summed E-state index contributed by atoms with van der Waals surface area (Å²) in [4.78, 5) is 37.0. The molecule has 1 saturated heterocycles. The Morgan fingerprint density at radius 1 is 1.17 bits per heavy atom. The first kappa shape index (κ1) is 23.4. The first-order valence-electron chi connectivity index (χ1n) is 9.42. The summed E-state index contributed by atoms with van der Waals surface area (Å²) in [6, 6.07) is 7.01. The van der Waals surface area contributed by atoms with E-state index < -0.39 is 54.7 Å². The van der Waals surface area contributed by atoms with E-state index in [4.69, 9.17) is 18.9 Å². The van der Waals surface area contributed by atoms with E-state index in [1.807, 2.05) is 0 Å². The minimum atomic E-state index is -1.70. The molecule has 10 heteroatoms. The van der Waals surface area contributed by atoms with Crippen molar-refractivity contribution in [3.63, 3.8) is 0 Å². The van der Waals surface area contributed by atoms with Crippen molar-refractivity contribution in [2.75, 3.05) is 13.2 Å². The monoisotopic (exact) mass is 425 g/mol. The highest BCUT2D eigenvalue weighted by atomic mass is 16.6. The quantitative estimate of drug-likeness (QED) is 0.698. The summed E-state index contributed by atoms with van der Waals surface area (Å²) < 4.78 is 21.5. The molecule has 1 aromatic rings. The van der Waals surface area contributed by atoms with Crippen LogP contribution in [0.15, 0.2) is 30.3 Å². The summed E-state index contributed by atoms with van der Waals surface area (Å²) in [5.74, 6) is -0.576. The third-order valence-corrected chi connectivity index (χ3v) is 4.10. The normalized spacial score (nSPS) is 25.2. The Morgan fingerprint density at radius 2 is 1.80 bits per heavy atom. The van der Waals surface area contributed by atoms with Gasteiger partial charge in [-0.1, -0.05) is 18.2 Å². The van der Waals surface area contributed by atoms with Gasteiger partial charge in [-0.2, -0.15) is 4.90 Å². The van der Waals surface area contributed by atoms with Crippen molar-refractivity contribution in [2.45, 2.75) is 57.6 Å². The lowest BCUT2D eigenvalue weighted by molar-refractivity contribution is -0.160. The fraction of sp³-hybridized carbons (Fsp3) is 0.550. The van der Waals surface area contributed by atoms with Gasteiger partial charge in [-0.25, -0.2) is 14.4 Å². The van der Waals surface area contributed by atoms with E-state index in [-0.39, 0.29) is 11.5 Å². The molecular formula is C20H27NO9. The van der Waals surface area contributed by atoms with E-state index in [0.717, 1.165) is 0 Å². The molecule has 2 amide bonds. The van der Waals surface area contributed by atoms with Crippen molar-refractivity contribution in [3.8, 4) is 5.75 Å². The first-order valence-corrected chi connectivity index (χ1v) is 9.42. The van der Waals surface area contributed by atoms with E-state index >= 15 is 0 Å². The number of hydrogen-bond donors (Lipinski definition) is 2. The van der Waals surface area contributed by atoms with Gasteiger partial charge in [0, 0.05) is 0 Å². The summed E-state index contributed by atoms with van der Waals surface area (Å²) in [6.07, 6.45) is -6.04. The highest BCUT2D eigenvalue weighted by Crippen LogP contribution is 2.20. The summed E-state index contributed by atoms with van der Waals surface area (Å²) in [5, 5.41) is 19.9. The Kier molecular flexibility index (Phi) is 7.63. The fourth-order valence-corrected chi connectivity index (χ4v) is 2.77. The number of aliphatic hydroxyl groups is 1. The van der Waals surface area contributed by atoms with Gasteiger partial charge < -0.3 is 29.2 Å². The molecule has 166 valence electrons. The number of carbonyl (C=O) groups excluding carboxylic acids is 2. The van der Waals surface area contributed by atoms with E-state index in [1.54, 1.807) is 51.1 Å². The molecule has 4 atom stereocenters. The standard InChI is InChI=1S/C20H27NO9/c1-12-16(29-13-8-6-5-7-9-13)15(22)11-27-10-14(17(23)28-12)21(18(24)25)19(26)30-20(2,3)4/h5-9,12,14-16,22H,10-11H2,1-4H3,(H,24,25)/t12-,14-,15-,16-/m0/s1. The van der Waals surface area contributed by atoms with Crippen LogP contribution in [-0.2, 0) is 19.0 Å². The van der Waals surface area contributed by atoms with Crippen molar-refractivity contribution in [1.29, 1.82) is 0 Å². The van der Waals surface area contributed by atoms with Gasteiger partial charge in [0.2, 0.25) is 0 Å². The van der Waals surface area contributed by atoms with Crippen molar-refractivity contribution in [1.82, 2.24) is 4.90 Å². The smallest absolute Gasteiger partial charge is 0.420 e. The van der Waals surface area contributed by atoms with E-state index in [0.29, 0.717) is 5.75 Å². The van der Waals surface area contributed by atoms with Crippen molar-refractivity contribution in [3.05, 3.63) is 30.3 Å². The largest absolute Gasteiger partial charge is 0.484 e. The zero-order chi connectivity index (χ0) is 22.5. The van der Waals surface area contributed by atoms with Crippen LogP contribution < -0.4 is 4.74 Å². The van der Waals surface area contributed by atoms with Gasteiger partial charge >= 0.3 is 18.2 Å². The number of carboxylic acid groups (broad SMARTS) is 1. The van der Waals surface area contributed by atoms with Crippen LogP contribution >= 0.6 is 0 Å². The highest BCUT2D eigenvalue weighted by molar-refractivity contribution is 5.93. The molecule has 2 rings (SSSR count). The molecular weight excluding hydrogens is 398 g/mol. The number of aliphatic hydroxyl groups excluding tert-OH is 1. The van der Waals surface area contributed by atoms with E-state index in [1.165, 1.54) is 6.92 Å². The predicted octanol–water partition coefficient (Wildman–Crippen LogP) is 2.04. The van der Waals surface area contributed by atoms with Gasteiger partial charge in [0.25, 0.3) is 0 Å². The molecule has 30 heavy (non-hydrogen) atoms. The molecule has 1 aliphatic heterocycles. The van der Waals surface area contributed by atoms with Crippen molar-refractivity contribution < 1.29 is 43.5 Å². The molecule has 2 N–H and O–H groups in total. The molecule has 0 aromatic heterocycles. The van der Waals surface area contributed by atoms with Gasteiger partial charge in [-0.3, -0.25) is 0 Å². The van der Waals surface area contributed by atoms with Crippen LogP contribution in [-0.4, -0.2) is 76.4 Å². The second-order valence-corrected chi connectivity index (χ2v) is 7.79. The topological polar surface area (TPSA) is 132 Å². The maximum absolute atomic E-state index is 12.7. The second-order valence-electron chi connectivity index (χ2n) is 7.79. The van der Waals surface area contributed by atoms with Gasteiger partial charge in [0.1, 0.15) is 23.6 Å². The van der Waals surface area contributed by atoms with Crippen LogP contribution in [0.5, 0.6) is 5.75 Å². The van der Waals surface area contributed by atoms with E-state index in [9.17, 15) is 24.6 Å². The molecule has 1 heterocycles. The molecule has 10 nitrogen and oxygen atoms in total. The number of rotatable bonds is 3. The lowest BCUT2D eigenvalue weighted by Crippen LogP contribution is -2.53. The second kappa shape index (κ2) is 9.77. The maximum atomic E-state index is 12.7. The van der Waals surface area contributed by atoms with Crippen LogP contribution in [0.4, 0.5) is 9.59 Å². The Labute approximate surface area is 174 Å². The highest BCUT2D eigenvalue weighted by Gasteiger charge is 2.42. The van der Waals surface area contributed by atoms with Crippen LogP contribution in [0.1, 0.15) is 27.7 Å². The Morgan fingerprint density at radius 3 is 2.37 bits per heavy atom. The number of carbonyl (C=O) groups is 3. The molecule has 1 aromatic carbocycles. The molecule has 0 radical (unpaired) electrons. The molecule has 0 spiro atoms. The number of amides is 2. The predicted molar refractivity (Wildman–Crippen MR) is 103 cm³/mol. The minimum Gasteiger partial charge on any atom is -0.484 e. The Hall–Kier alpha value is -2.85. The zero-order valence-electron chi connectivity index (χ0n) is 17.3. The summed E-state index contributed by atoms with van der Waals surface area (Å²) in [5.41, 5.74) is -0.980. The van der Waals surface area contributed by atoms with Gasteiger partial charge in [-0.15, -0.1) is 0 Å². The zero-order valence-corrected chi connectivity index (χ0v) is 17.3. The lowest BCUT2D eigenvalue weighted by atomic mass is 10.1. The van der Waals surface area contributed by atoms with E-state index in [2.05, 4.69) is 0 Å². The Balaban J connectivity index is 2.22. The average molecular weight is 425 g/mol. The third-order valence-electron chi connectivity index (χ3n) is 4.10. The summed E-state index contributed by atoms with van der Waals surface area (Å²) in [7, 11) is 0. The number of benzene rings is 1. The van der Waals surface area contributed by atoms with Crippen LogP contribution in [0, 0.1) is 0 Å². The van der Waals surface area contributed by atoms with Crippen LogP contribution in [0.2, 0.25) is 0 Å². The Bertz CT molecular complexity index is 746. The number of ether oxygens (including phenoxy) is 4. The maximum Gasteiger partial charge on any atom is 0.420 e. The van der Waals surface area contributed by atoms with Crippen LogP contribution in [0.3, 0.4) is 0 Å². The van der Waals surface area contributed by atoms with Gasteiger partial charge in [0.05, 0.1) is 13.2 Å². The fourth-order valence-electron chi connectivity index (χ4n) is 2.77. The van der Waals surface area contributed by atoms with Gasteiger partial charge in [-0.05, 0) is 39.8 Å². The number of esters is 1. The summed E-state index contributed by atoms with van der Waals surface area (Å²) in [6.45, 7) is 5.41. The molecule has 0 saturated carbocycles. The van der Waals surface area contributed by atoms with Crippen molar-refractivity contribution in [2.24, 2.45) is 0 Å². The molecule has 0 aliphatic carbocycles. The number of para-hydroxylation sites is 1. The SMILES string of the molecule is C[C@@H]1OC(=O)[C@@H](N(C(=O)O)C(=O)OC(C)(C)C)COC[C@H](O)[C@H]1Oc1ccccc1. The molecule has 1 fully saturated rings. The third kappa shape index (κ3) is 6.33. The number of imide groups is 1.